The number of imide groups is 1. The van der Waals surface area contributed by atoms with E-state index < -0.39 is 0 Å². The molecule has 0 atom stereocenters. The van der Waals surface area contributed by atoms with Crippen LogP contribution in [-0.4, -0.2) is 66.8 Å². The topological polar surface area (TPSA) is 73.0 Å². The second-order valence-electron chi connectivity index (χ2n) is 7.90. The smallest absolute Gasteiger partial charge is 0.261 e. The largest absolute Gasteiger partial charge is 0.367 e. The Hall–Kier alpha value is -3.19. The molecule has 0 bridgehead atoms. The second-order valence-corrected chi connectivity index (χ2v) is 7.90. The van der Waals surface area contributed by atoms with Gasteiger partial charge in [-0.1, -0.05) is 31.2 Å². The van der Waals surface area contributed by atoms with E-state index in [0.717, 1.165) is 44.1 Å². The highest BCUT2D eigenvalue weighted by atomic mass is 16.2. The Labute approximate surface area is 182 Å². The Morgan fingerprint density at radius 2 is 1.52 bits per heavy atom. The molecule has 2 aliphatic heterocycles. The van der Waals surface area contributed by atoms with Crippen molar-refractivity contribution in [3.8, 4) is 0 Å². The number of amides is 3. The molecule has 7 heteroatoms. The number of carbonyl (C=O) groups is 3. The van der Waals surface area contributed by atoms with Crippen molar-refractivity contribution < 1.29 is 14.4 Å². The van der Waals surface area contributed by atoms with Crippen LogP contribution in [0.2, 0.25) is 0 Å². The number of likely N-dealkylation sites (N-methyl/N-ethyl adjacent to an activating group) is 1. The van der Waals surface area contributed by atoms with Crippen LogP contribution in [0.5, 0.6) is 0 Å². The molecule has 0 radical (unpaired) electrons. The Morgan fingerprint density at radius 3 is 2.16 bits per heavy atom. The van der Waals surface area contributed by atoms with Crippen molar-refractivity contribution >= 4 is 29.1 Å². The van der Waals surface area contributed by atoms with Gasteiger partial charge in [0.2, 0.25) is 5.91 Å². The third-order valence-electron chi connectivity index (χ3n) is 6.00. The van der Waals surface area contributed by atoms with E-state index in [4.69, 9.17) is 0 Å². The van der Waals surface area contributed by atoms with Gasteiger partial charge in [-0.15, -0.1) is 0 Å². The van der Waals surface area contributed by atoms with Crippen molar-refractivity contribution in [3.05, 3.63) is 59.7 Å². The van der Waals surface area contributed by atoms with Crippen molar-refractivity contribution in [1.29, 1.82) is 0 Å². The average Bonchev–Trinajstić information content (AvgIpc) is 3.04. The lowest BCUT2D eigenvalue weighted by Crippen LogP contribution is -2.46. The maximum Gasteiger partial charge on any atom is 0.261 e. The van der Waals surface area contributed by atoms with Crippen molar-refractivity contribution in [3.63, 3.8) is 0 Å². The van der Waals surface area contributed by atoms with Crippen molar-refractivity contribution in [2.24, 2.45) is 0 Å². The maximum absolute atomic E-state index is 12.6. The van der Waals surface area contributed by atoms with E-state index in [9.17, 15) is 14.4 Å². The zero-order valence-electron chi connectivity index (χ0n) is 17.8. The molecule has 162 valence electrons. The number of carbonyl (C=O) groups excluding carboxylic acids is 3. The van der Waals surface area contributed by atoms with Gasteiger partial charge in [0.25, 0.3) is 11.8 Å². The van der Waals surface area contributed by atoms with Crippen molar-refractivity contribution in [2.75, 3.05) is 49.5 Å². The molecule has 2 aliphatic rings. The molecular weight excluding hydrogens is 392 g/mol. The third-order valence-corrected chi connectivity index (χ3v) is 6.00. The molecule has 2 heterocycles. The molecule has 4 rings (SSSR count). The van der Waals surface area contributed by atoms with Gasteiger partial charge in [0.1, 0.15) is 0 Å². The summed E-state index contributed by atoms with van der Waals surface area (Å²) in [5.74, 6) is -0.675. The molecule has 1 saturated heterocycles. The fraction of sp³-hybridized carbons (Fsp3) is 0.375. The Bertz CT molecular complexity index is 947. The number of hydrogen-bond acceptors (Lipinski definition) is 5. The highest BCUT2D eigenvalue weighted by Gasteiger charge is 2.34. The van der Waals surface area contributed by atoms with Crippen LogP contribution in [0.1, 0.15) is 40.5 Å². The van der Waals surface area contributed by atoms with E-state index in [1.54, 1.807) is 24.3 Å². The van der Waals surface area contributed by atoms with Crippen LogP contribution in [0.3, 0.4) is 0 Å². The summed E-state index contributed by atoms with van der Waals surface area (Å²) in [6, 6.07) is 14.7. The first-order valence-electron chi connectivity index (χ1n) is 10.9. The standard InChI is InChI=1S/C24H28N4O3/c1-2-26-14-16-27(17-15-26)21-11-6-5-10-20(21)25-22(29)12-7-13-28-23(30)18-8-3-4-9-19(18)24(28)31/h3-6,8-11H,2,7,12-17H2,1H3,(H,25,29). The predicted molar refractivity (Wildman–Crippen MR) is 120 cm³/mol. The van der Waals surface area contributed by atoms with Crippen LogP contribution in [-0.2, 0) is 4.79 Å². The molecule has 0 unspecified atom stereocenters. The number of para-hydroxylation sites is 2. The van der Waals surface area contributed by atoms with Crippen LogP contribution in [0.15, 0.2) is 48.5 Å². The zero-order chi connectivity index (χ0) is 21.8. The lowest BCUT2D eigenvalue weighted by atomic mass is 10.1. The molecule has 7 nitrogen and oxygen atoms in total. The summed E-state index contributed by atoms with van der Waals surface area (Å²) in [4.78, 5) is 43.4. The number of benzene rings is 2. The molecule has 3 amide bonds. The molecule has 1 N–H and O–H groups in total. The van der Waals surface area contributed by atoms with Crippen LogP contribution >= 0.6 is 0 Å². The van der Waals surface area contributed by atoms with Gasteiger partial charge in [-0.05, 0) is 37.2 Å². The van der Waals surface area contributed by atoms with Gasteiger partial charge in [0.05, 0.1) is 22.5 Å². The van der Waals surface area contributed by atoms with Gasteiger partial charge in [0, 0.05) is 39.1 Å². The molecule has 1 fully saturated rings. The molecule has 2 aromatic carbocycles. The molecular formula is C24H28N4O3. The first-order valence-corrected chi connectivity index (χ1v) is 10.9. The normalized spacial score (nSPS) is 16.5. The SMILES string of the molecule is CCN1CCN(c2ccccc2NC(=O)CCCN2C(=O)c3ccccc3C2=O)CC1. The number of piperazine rings is 1. The van der Waals surface area contributed by atoms with Gasteiger partial charge in [-0.25, -0.2) is 0 Å². The highest BCUT2D eigenvalue weighted by Crippen LogP contribution is 2.27. The first-order chi connectivity index (χ1) is 15.1. The van der Waals surface area contributed by atoms with E-state index in [1.165, 1.54) is 4.90 Å². The lowest BCUT2D eigenvalue weighted by Gasteiger charge is -2.36. The first kappa shape index (κ1) is 21.1. The summed E-state index contributed by atoms with van der Waals surface area (Å²) in [6.07, 6.45) is 0.667. The summed E-state index contributed by atoms with van der Waals surface area (Å²) in [7, 11) is 0. The molecule has 0 saturated carbocycles. The minimum absolute atomic E-state index is 0.115. The van der Waals surface area contributed by atoms with Crippen molar-refractivity contribution in [1.82, 2.24) is 9.80 Å². The van der Waals surface area contributed by atoms with E-state index >= 15 is 0 Å². The second kappa shape index (κ2) is 9.31. The Kier molecular flexibility index (Phi) is 6.32. The van der Waals surface area contributed by atoms with Crippen LogP contribution < -0.4 is 10.2 Å². The van der Waals surface area contributed by atoms with Gasteiger partial charge >= 0.3 is 0 Å². The van der Waals surface area contributed by atoms with Crippen LogP contribution in [0.4, 0.5) is 11.4 Å². The fourth-order valence-corrected chi connectivity index (χ4v) is 4.21. The Morgan fingerprint density at radius 1 is 0.903 bits per heavy atom. The van der Waals surface area contributed by atoms with E-state index in [2.05, 4.69) is 22.0 Å². The third kappa shape index (κ3) is 4.46. The van der Waals surface area contributed by atoms with Crippen LogP contribution in [0, 0.1) is 0 Å². The van der Waals surface area contributed by atoms with Crippen molar-refractivity contribution in [2.45, 2.75) is 19.8 Å². The van der Waals surface area contributed by atoms with E-state index in [1.807, 2.05) is 24.3 Å². The number of rotatable bonds is 7. The monoisotopic (exact) mass is 420 g/mol. The maximum atomic E-state index is 12.6. The summed E-state index contributed by atoms with van der Waals surface area (Å²) in [6.45, 7) is 7.35. The highest BCUT2D eigenvalue weighted by molar-refractivity contribution is 6.21. The van der Waals surface area contributed by atoms with Crippen LogP contribution in [0.25, 0.3) is 0 Å². The van der Waals surface area contributed by atoms with Gasteiger partial charge in [0.15, 0.2) is 0 Å². The number of fused-ring (bicyclic) bond motifs is 1. The summed E-state index contributed by atoms with van der Waals surface area (Å²) < 4.78 is 0. The molecule has 0 aromatic heterocycles. The lowest BCUT2D eigenvalue weighted by molar-refractivity contribution is -0.116. The number of hydrogen-bond donors (Lipinski definition) is 1. The molecule has 2 aromatic rings. The summed E-state index contributed by atoms with van der Waals surface area (Å²) in [5.41, 5.74) is 2.72. The quantitative estimate of drug-likeness (QED) is 0.698. The molecule has 0 aliphatic carbocycles. The number of nitrogens with one attached hydrogen (secondary N) is 1. The van der Waals surface area contributed by atoms with E-state index in [0.29, 0.717) is 17.5 Å². The minimum atomic E-state index is -0.280. The Balaban J connectivity index is 1.31. The predicted octanol–water partition coefficient (Wildman–Crippen LogP) is 2.84. The molecule has 31 heavy (non-hydrogen) atoms. The fourth-order valence-electron chi connectivity index (χ4n) is 4.21. The zero-order valence-corrected chi connectivity index (χ0v) is 17.8. The number of nitrogens with zero attached hydrogens (tertiary/aromatic N) is 3. The van der Waals surface area contributed by atoms with Gasteiger partial charge in [-0.3, -0.25) is 19.3 Å². The summed E-state index contributed by atoms with van der Waals surface area (Å²) in [5, 5.41) is 3.02. The minimum Gasteiger partial charge on any atom is -0.367 e. The van der Waals surface area contributed by atoms with E-state index in [-0.39, 0.29) is 30.7 Å². The average molecular weight is 421 g/mol. The molecule has 0 spiro atoms. The number of anilines is 2. The van der Waals surface area contributed by atoms with Gasteiger partial charge in [-0.2, -0.15) is 0 Å². The summed E-state index contributed by atoms with van der Waals surface area (Å²) >= 11 is 0. The van der Waals surface area contributed by atoms with Gasteiger partial charge < -0.3 is 15.1 Å².